The molecule has 4 atom stereocenters. The average molecular weight is 268 g/mol. The third kappa shape index (κ3) is 2.91. The monoisotopic (exact) mass is 268 g/mol. The number of hydrogen-bond donors (Lipinski definition) is 2. The number of likely N-dealkylation sites (tertiary alicyclic amines) is 1. The summed E-state index contributed by atoms with van der Waals surface area (Å²) in [5.41, 5.74) is 0. The zero-order valence-electron chi connectivity index (χ0n) is 11.8. The molecule has 2 aliphatic rings. The van der Waals surface area contributed by atoms with E-state index in [1.807, 2.05) is 0 Å². The molecule has 0 saturated carbocycles. The zero-order valence-corrected chi connectivity index (χ0v) is 11.8. The van der Waals surface area contributed by atoms with Crippen LogP contribution in [0, 0.1) is 17.8 Å². The maximum atomic E-state index is 12.5. The standard InChI is InChI=1S/C14H24N2O3/c1-3-10-4-5-16(12(6-10)14(18)19)13(17)11-8-15-7-9(11)2/h9-12,15H,3-8H2,1-2H3,(H,18,19)/t9-,10?,11-,12?/m1/s1. The first-order chi connectivity index (χ1) is 9.04. The van der Waals surface area contributed by atoms with E-state index in [1.54, 1.807) is 4.90 Å². The summed E-state index contributed by atoms with van der Waals surface area (Å²) in [5.74, 6) is -0.153. The van der Waals surface area contributed by atoms with E-state index in [1.165, 1.54) is 0 Å². The third-order valence-electron chi connectivity index (χ3n) is 4.69. The second-order valence-electron chi connectivity index (χ2n) is 5.93. The van der Waals surface area contributed by atoms with Gasteiger partial charge in [0.15, 0.2) is 0 Å². The summed E-state index contributed by atoms with van der Waals surface area (Å²) in [6, 6.07) is -0.626. The van der Waals surface area contributed by atoms with Gasteiger partial charge in [0.25, 0.3) is 0 Å². The number of carboxylic acids is 1. The van der Waals surface area contributed by atoms with Gasteiger partial charge in [-0.1, -0.05) is 20.3 Å². The molecule has 2 aliphatic heterocycles. The van der Waals surface area contributed by atoms with Crippen LogP contribution < -0.4 is 5.32 Å². The third-order valence-corrected chi connectivity index (χ3v) is 4.69. The van der Waals surface area contributed by atoms with Gasteiger partial charge in [0.2, 0.25) is 5.91 Å². The van der Waals surface area contributed by atoms with Crippen LogP contribution >= 0.6 is 0 Å². The lowest BCUT2D eigenvalue weighted by Crippen LogP contribution is -2.52. The molecule has 5 nitrogen and oxygen atoms in total. The number of carbonyl (C=O) groups excluding carboxylic acids is 1. The minimum absolute atomic E-state index is 0.0273. The van der Waals surface area contributed by atoms with Crippen molar-refractivity contribution in [2.45, 2.75) is 39.2 Å². The molecule has 2 unspecified atom stereocenters. The highest BCUT2D eigenvalue weighted by Crippen LogP contribution is 2.29. The molecule has 0 radical (unpaired) electrons. The summed E-state index contributed by atoms with van der Waals surface area (Å²) in [5, 5.41) is 12.6. The molecule has 0 spiro atoms. The molecule has 2 rings (SSSR count). The van der Waals surface area contributed by atoms with Gasteiger partial charge in [-0.2, -0.15) is 0 Å². The zero-order chi connectivity index (χ0) is 14.0. The van der Waals surface area contributed by atoms with Crippen molar-refractivity contribution in [3.8, 4) is 0 Å². The molecule has 2 heterocycles. The van der Waals surface area contributed by atoms with Gasteiger partial charge in [0, 0.05) is 13.1 Å². The van der Waals surface area contributed by atoms with E-state index in [0.717, 1.165) is 19.4 Å². The number of nitrogens with zero attached hydrogens (tertiary/aromatic N) is 1. The van der Waals surface area contributed by atoms with E-state index < -0.39 is 12.0 Å². The van der Waals surface area contributed by atoms with Crippen LogP contribution in [-0.2, 0) is 9.59 Å². The fourth-order valence-electron chi connectivity index (χ4n) is 3.26. The van der Waals surface area contributed by atoms with E-state index in [-0.39, 0.29) is 11.8 Å². The molecule has 5 heteroatoms. The first kappa shape index (κ1) is 14.3. The molecule has 19 heavy (non-hydrogen) atoms. The molecular formula is C14H24N2O3. The first-order valence-corrected chi connectivity index (χ1v) is 7.28. The van der Waals surface area contributed by atoms with Gasteiger partial charge in [-0.15, -0.1) is 0 Å². The van der Waals surface area contributed by atoms with Crippen LogP contribution in [0.25, 0.3) is 0 Å². The number of aliphatic carboxylic acids is 1. The molecule has 0 bridgehead atoms. The molecule has 0 aromatic carbocycles. The fourth-order valence-corrected chi connectivity index (χ4v) is 3.26. The molecule has 0 aromatic heterocycles. The van der Waals surface area contributed by atoms with Gasteiger partial charge in [-0.25, -0.2) is 4.79 Å². The Balaban J connectivity index is 2.08. The lowest BCUT2D eigenvalue weighted by atomic mass is 9.87. The van der Waals surface area contributed by atoms with Crippen molar-refractivity contribution in [2.75, 3.05) is 19.6 Å². The van der Waals surface area contributed by atoms with Crippen LogP contribution in [0.5, 0.6) is 0 Å². The lowest BCUT2D eigenvalue weighted by Gasteiger charge is -2.38. The van der Waals surface area contributed by atoms with Crippen LogP contribution in [0.1, 0.15) is 33.1 Å². The molecule has 2 fully saturated rings. The Morgan fingerprint density at radius 1 is 1.37 bits per heavy atom. The largest absolute Gasteiger partial charge is 0.480 e. The van der Waals surface area contributed by atoms with Crippen LogP contribution in [0.3, 0.4) is 0 Å². The Labute approximate surface area is 114 Å². The average Bonchev–Trinajstić information content (AvgIpc) is 2.83. The lowest BCUT2D eigenvalue weighted by molar-refractivity contribution is -0.155. The fraction of sp³-hybridized carbons (Fsp3) is 0.857. The summed E-state index contributed by atoms with van der Waals surface area (Å²) < 4.78 is 0. The molecule has 108 valence electrons. The molecule has 0 aromatic rings. The van der Waals surface area contributed by atoms with Gasteiger partial charge in [0.1, 0.15) is 6.04 Å². The van der Waals surface area contributed by atoms with Gasteiger partial charge < -0.3 is 15.3 Å². The van der Waals surface area contributed by atoms with Gasteiger partial charge in [0.05, 0.1) is 5.92 Å². The van der Waals surface area contributed by atoms with Crippen molar-refractivity contribution in [2.24, 2.45) is 17.8 Å². The van der Waals surface area contributed by atoms with Crippen molar-refractivity contribution in [3.63, 3.8) is 0 Å². The van der Waals surface area contributed by atoms with Crippen molar-refractivity contribution in [1.82, 2.24) is 10.2 Å². The molecule has 2 saturated heterocycles. The number of amides is 1. The van der Waals surface area contributed by atoms with E-state index in [2.05, 4.69) is 19.2 Å². The predicted octanol–water partition coefficient (Wildman–Crippen LogP) is 0.944. The number of hydrogen-bond acceptors (Lipinski definition) is 3. The number of carboxylic acid groups (broad SMARTS) is 1. The number of nitrogens with one attached hydrogen (secondary N) is 1. The normalized spacial score (nSPS) is 35.4. The molecule has 0 aliphatic carbocycles. The van der Waals surface area contributed by atoms with Crippen molar-refractivity contribution < 1.29 is 14.7 Å². The second-order valence-corrected chi connectivity index (χ2v) is 5.93. The number of rotatable bonds is 3. The summed E-state index contributed by atoms with van der Waals surface area (Å²) >= 11 is 0. The van der Waals surface area contributed by atoms with E-state index >= 15 is 0 Å². The Kier molecular flexibility index (Phi) is 4.45. The highest BCUT2D eigenvalue weighted by Gasteiger charge is 2.40. The topological polar surface area (TPSA) is 69.6 Å². The molecular weight excluding hydrogens is 244 g/mol. The quantitative estimate of drug-likeness (QED) is 0.799. The highest BCUT2D eigenvalue weighted by molar-refractivity contribution is 5.85. The van der Waals surface area contributed by atoms with Crippen LogP contribution in [-0.4, -0.2) is 47.6 Å². The summed E-state index contributed by atoms with van der Waals surface area (Å²) in [6.45, 7) is 6.26. The Morgan fingerprint density at radius 3 is 2.63 bits per heavy atom. The van der Waals surface area contributed by atoms with E-state index in [4.69, 9.17) is 0 Å². The SMILES string of the molecule is CCC1CCN(C(=O)[C@@H]2CNC[C@H]2C)C(C(=O)O)C1. The molecule has 2 N–H and O–H groups in total. The minimum atomic E-state index is -0.856. The number of carbonyl (C=O) groups is 2. The van der Waals surface area contributed by atoms with E-state index in [0.29, 0.717) is 31.3 Å². The Bertz CT molecular complexity index is 359. The van der Waals surface area contributed by atoms with Gasteiger partial charge in [-0.05, 0) is 31.2 Å². The Morgan fingerprint density at radius 2 is 2.11 bits per heavy atom. The summed E-state index contributed by atoms with van der Waals surface area (Å²) in [6.07, 6.45) is 2.53. The van der Waals surface area contributed by atoms with Crippen LogP contribution in [0.4, 0.5) is 0 Å². The number of piperidine rings is 1. The second kappa shape index (κ2) is 5.90. The predicted molar refractivity (Wildman–Crippen MR) is 71.7 cm³/mol. The minimum Gasteiger partial charge on any atom is -0.480 e. The maximum absolute atomic E-state index is 12.5. The van der Waals surface area contributed by atoms with Crippen LogP contribution in [0.15, 0.2) is 0 Å². The smallest absolute Gasteiger partial charge is 0.326 e. The first-order valence-electron chi connectivity index (χ1n) is 7.28. The molecule has 1 amide bonds. The van der Waals surface area contributed by atoms with E-state index in [9.17, 15) is 14.7 Å². The van der Waals surface area contributed by atoms with Crippen molar-refractivity contribution in [1.29, 1.82) is 0 Å². The summed E-state index contributed by atoms with van der Waals surface area (Å²) in [7, 11) is 0. The van der Waals surface area contributed by atoms with Crippen molar-refractivity contribution >= 4 is 11.9 Å². The Hall–Kier alpha value is -1.10. The van der Waals surface area contributed by atoms with Gasteiger partial charge in [-0.3, -0.25) is 4.79 Å². The van der Waals surface area contributed by atoms with Crippen molar-refractivity contribution in [3.05, 3.63) is 0 Å². The summed E-state index contributed by atoms with van der Waals surface area (Å²) in [4.78, 5) is 25.6. The van der Waals surface area contributed by atoms with Gasteiger partial charge >= 0.3 is 5.97 Å². The van der Waals surface area contributed by atoms with Crippen LogP contribution in [0.2, 0.25) is 0 Å². The maximum Gasteiger partial charge on any atom is 0.326 e. The highest BCUT2D eigenvalue weighted by atomic mass is 16.4.